The summed E-state index contributed by atoms with van der Waals surface area (Å²) in [4.78, 5) is 12.3. The van der Waals surface area contributed by atoms with Gasteiger partial charge < -0.3 is 10.6 Å². The van der Waals surface area contributed by atoms with Crippen molar-refractivity contribution in [1.82, 2.24) is 10.6 Å². The maximum absolute atomic E-state index is 12.3. The lowest BCUT2D eigenvalue weighted by atomic mass is 9.89. The molecule has 0 saturated carbocycles. The van der Waals surface area contributed by atoms with E-state index in [0.717, 1.165) is 18.5 Å². The molecule has 104 valence electrons. The number of hydrogen-bond acceptors (Lipinski definition) is 2. The Morgan fingerprint density at radius 2 is 2.16 bits per heavy atom. The van der Waals surface area contributed by atoms with Crippen molar-refractivity contribution in [2.24, 2.45) is 5.92 Å². The first-order valence-electron chi connectivity index (χ1n) is 6.79. The minimum Gasteiger partial charge on any atom is -0.347 e. The summed E-state index contributed by atoms with van der Waals surface area (Å²) in [5, 5.41) is 7.23. The highest BCUT2D eigenvalue weighted by Crippen LogP contribution is 2.19. The van der Waals surface area contributed by atoms with Gasteiger partial charge in [0.1, 0.15) is 0 Å². The fourth-order valence-corrected chi connectivity index (χ4v) is 2.74. The molecule has 2 rings (SSSR count). The molecule has 0 aliphatic carbocycles. The Hall–Kier alpha value is -1.06. The van der Waals surface area contributed by atoms with E-state index in [4.69, 9.17) is 11.6 Å². The molecule has 0 aromatic heterocycles. The fraction of sp³-hybridized carbons (Fsp3) is 0.533. The Bertz CT molecular complexity index is 465. The molecule has 3 atom stereocenters. The molecular formula is C15H21ClN2O. The lowest BCUT2D eigenvalue weighted by Gasteiger charge is -2.36. The summed E-state index contributed by atoms with van der Waals surface area (Å²) in [5.74, 6) is 0.473. The SMILES string of the molecule is Cc1cc(C(=O)NC2C(C)CCNC2C)ccc1Cl. The second-order valence-corrected chi connectivity index (χ2v) is 5.88. The third-order valence-electron chi connectivity index (χ3n) is 3.94. The van der Waals surface area contributed by atoms with E-state index in [1.165, 1.54) is 0 Å². The fourth-order valence-electron chi connectivity index (χ4n) is 2.63. The van der Waals surface area contributed by atoms with Crippen LogP contribution in [0.3, 0.4) is 0 Å². The third-order valence-corrected chi connectivity index (χ3v) is 4.36. The van der Waals surface area contributed by atoms with Crippen molar-refractivity contribution in [3.8, 4) is 0 Å². The summed E-state index contributed by atoms with van der Waals surface area (Å²) in [7, 11) is 0. The van der Waals surface area contributed by atoms with Gasteiger partial charge in [-0.25, -0.2) is 0 Å². The molecule has 0 radical (unpaired) electrons. The number of piperidine rings is 1. The zero-order chi connectivity index (χ0) is 14.0. The predicted molar refractivity (Wildman–Crippen MR) is 78.7 cm³/mol. The Morgan fingerprint density at radius 1 is 1.42 bits per heavy atom. The van der Waals surface area contributed by atoms with Crippen LogP contribution in [0.2, 0.25) is 5.02 Å². The molecule has 0 spiro atoms. The van der Waals surface area contributed by atoms with Crippen molar-refractivity contribution in [2.45, 2.75) is 39.3 Å². The number of carbonyl (C=O) groups is 1. The largest absolute Gasteiger partial charge is 0.347 e. The molecule has 1 aromatic carbocycles. The summed E-state index contributed by atoms with van der Waals surface area (Å²) in [6.07, 6.45) is 1.09. The van der Waals surface area contributed by atoms with Crippen molar-refractivity contribution >= 4 is 17.5 Å². The van der Waals surface area contributed by atoms with Gasteiger partial charge in [0.15, 0.2) is 0 Å². The average molecular weight is 281 g/mol. The lowest BCUT2D eigenvalue weighted by Crippen LogP contribution is -2.55. The van der Waals surface area contributed by atoms with Crippen LogP contribution < -0.4 is 10.6 Å². The summed E-state index contributed by atoms with van der Waals surface area (Å²) in [5.41, 5.74) is 1.60. The van der Waals surface area contributed by atoms with E-state index in [0.29, 0.717) is 22.5 Å². The molecule has 1 amide bonds. The molecule has 3 unspecified atom stereocenters. The molecule has 3 nitrogen and oxygen atoms in total. The number of nitrogens with one attached hydrogen (secondary N) is 2. The maximum Gasteiger partial charge on any atom is 0.251 e. The number of halogens is 1. The van der Waals surface area contributed by atoms with Crippen molar-refractivity contribution in [2.75, 3.05) is 6.54 Å². The van der Waals surface area contributed by atoms with Gasteiger partial charge >= 0.3 is 0 Å². The Kier molecular flexibility index (Phi) is 4.48. The number of carbonyl (C=O) groups excluding carboxylic acids is 1. The smallest absolute Gasteiger partial charge is 0.251 e. The van der Waals surface area contributed by atoms with Gasteiger partial charge in [0.2, 0.25) is 0 Å². The summed E-state index contributed by atoms with van der Waals surface area (Å²) in [6.45, 7) is 7.24. The predicted octanol–water partition coefficient (Wildman–Crippen LogP) is 2.76. The zero-order valence-electron chi connectivity index (χ0n) is 11.7. The highest BCUT2D eigenvalue weighted by atomic mass is 35.5. The van der Waals surface area contributed by atoms with E-state index in [2.05, 4.69) is 24.5 Å². The molecule has 0 bridgehead atoms. The minimum absolute atomic E-state index is 0.0211. The van der Waals surface area contributed by atoms with Gasteiger partial charge in [-0.2, -0.15) is 0 Å². The first-order valence-corrected chi connectivity index (χ1v) is 7.17. The van der Waals surface area contributed by atoms with E-state index in [-0.39, 0.29) is 11.9 Å². The zero-order valence-corrected chi connectivity index (χ0v) is 12.4. The van der Waals surface area contributed by atoms with Gasteiger partial charge in [0, 0.05) is 22.7 Å². The third kappa shape index (κ3) is 3.28. The number of hydrogen-bond donors (Lipinski definition) is 2. The Balaban J connectivity index is 2.09. The van der Waals surface area contributed by atoms with Crippen LogP contribution in [0.25, 0.3) is 0 Å². The Morgan fingerprint density at radius 3 is 2.79 bits per heavy atom. The highest BCUT2D eigenvalue weighted by molar-refractivity contribution is 6.31. The van der Waals surface area contributed by atoms with Crippen LogP contribution in [0, 0.1) is 12.8 Å². The first kappa shape index (κ1) is 14.4. The monoisotopic (exact) mass is 280 g/mol. The first-order chi connectivity index (χ1) is 8.99. The van der Waals surface area contributed by atoms with Gasteiger partial charge in [-0.1, -0.05) is 18.5 Å². The van der Waals surface area contributed by atoms with Gasteiger partial charge in [0.05, 0.1) is 0 Å². The average Bonchev–Trinajstić information content (AvgIpc) is 2.37. The van der Waals surface area contributed by atoms with Crippen LogP contribution in [0.4, 0.5) is 0 Å². The van der Waals surface area contributed by atoms with Crippen molar-refractivity contribution < 1.29 is 4.79 Å². The van der Waals surface area contributed by atoms with Gasteiger partial charge in [-0.05, 0) is 56.5 Å². The maximum atomic E-state index is 12.3. The van der Waals surface area contributed by atoms with Crippen LogP contribution in [0.5, 0.6) is 0 Å². The molecule has 1 aliphatic rings. The van der Waals surface area contributed by atoms with Crippen LogP contribution in [0.15, 0.2) is 18.2 Å². The normalized spacial score (nSPS) is 27.1. The summed E-state index contributed by atoms with van der Waals surface area (Å²) in [6, 6.07) is 5.87. The van der Waals surface area contributed by atoms with Gasteiger partial charge in [-0.15, -0.1) is 0 Å². The molecule has 1 fully saturated rings. The van der Waals surface area contributed by atoms with Gasteiger partial charge in [0.25, 0.3) is 5.91 Å². The van der Waals surface area contributed by atoms with E-state index in [1.54, 1.807) is 12.1 Å². The van der Waals surface area contributed by atoms with Crippen LogP contribution >= 0.6 is 11.6 Å². The second kappa shape index (κ2) is 5.93. The molecule has 1 heterocycles. The lowest BCUT2D eigenvalue weighted by molar-refractivity contribution is 0.0897. The number of benzene rings is 1. The summed E-state index contributed by atoms with van der Waals surface area (Å²) < 4.78 is 0. The number of amides is 1. The van der Waals surface area contributed by atoms with Crippen LogP contribution in [-0.2, 0) is 0 Å². The van der Waals surface area contributed by atoms with E-state index in [9.17, 15) is 4.79 Å². The molecule has 1 saturated heterocycles. The topological polar surface area (TPSA) is 41.1 Å². The molecular weight excluding hydrogens is 260 g/mol. The second-order valence-electron chi connectivity index (χ2n) is 5.47. The van der Waals surface area contributed by atoms with Crippen LogP contribution in [0.1, 0.15) is 36.2 Å². The quantitative estimate of drug-likeness (QED) is 0.875. The number of rotatable bonds is 2. The molecule has 1 aliphatic heterocycles. The van der Waals surface area contributed by atoms with E-state index < -0.39 is 0 Å². The standard InChI is InChI=1S/C15H21ClN2O/c1-9-6-7-17-11(3)14(9)18-15(19)12-4-5-13(16)10(2)8-12/h4-5,8-9,11,14,17H,6-7H2,1-3H3,(H,18,19). The van der Waals surface area contributed by atoms with Crippen LogP contribution in [-0.4, -0.2) is 24.5 Å². The molecule has 2 N–H and O–H groups in total. The molecule has 1 aromatic rings. The molecule has 4 heteroatoms. The van der Waals surface area contributed by atoms with E-state index >= 15 is 0 Å². The number of aryl methyl sites for hydroxylation is 1. The van der Waals surface area contributed by atoms with Gasteiger partial charge in [-0.3, -0.25) is 4.79 Å². The van der Waals surface area contributed by atoms with Crippen molar-refractivity contribution in [3.05, 3.63) is 34.3 Å². The highest BCUT2D eigenvalue weighted by Gasteiger charge is 2.28. The van der Waals surface area contributed by atoms with Crippen molar-refractivity contribution in [1.29, 1.82) is 0 Å². The Labute approximate surface area is 119 Å². The molecule has 19 heavy (non-hydrogen) atoms. The van der Waals surface area contributed by atoms with E-state index in [1.807, 2.05) is 13.0 Å². The minimum atomic E-state index is -0.0211. The summed E-state index contributed by atoms with van der Waals surface area (Å²) >= 11 is 5.98. The van der Waals surface area contributed by atoms with Crippen molar-refractivity contribution in [3.63, 3.8) is 0 Å².